The minimum absolute atomic E-state index is 0.103. The number of hydrogen-bond acceptors (Lipinski definition) is 15. The van der Waals surface area contributed by atoms with Crippen LogP contribution in [0.5, 0.6) is 0 Å². The van der Waals surface area contributed by atoms with Crippen molar-refractivity contribution in [2.45, 2.75) is 375 Å². The molecule has 0 aromatic heterocycles. The van der Waals surface area contributed by atoms with Crippen LogP contribution in [0.15, 0.2) is 0 Å². The van der Waals surface area contributed by atoms with Gasteiger partial charge in [-0.05, 0) is 49.4 Å². The van der Waals surface area contributed by atoms with Gasteiger partial charge in [0, 0.05) is 25.7 Å². The highest BCUT2D eigenvalue weighted by Gasteiger charge is 2.30. The molecule has 91 heavy (non-hydrogen) atoms. The van der Waals surface area contributed by atoms with Gasteiger partial charge in [-0.15, -0.1) is 0 Å². The van der Waals surface area contributed by atoms with Gasteiger partial charge in [-0.1, -0.05) is 306 Å². The number of aliphatic hydroxyl groups is 1. The summed E-state index contributed by atoms with van der Waals surface area (Å²) in [6.07, 6.45) is 44.6. The van der Waals surface area contributed by atoms with Crippen molar-refractivity contribution in [1.82, 2.24) is 0 Å². The van der Waals surface area contributed by atoms with Gasteiger partial charge in [0.15, 0.2) is 12.2 Å². The van der Waals surface area contributed by atoms with Gasteiger partial charge in [-0.3, -0.25) is 37.3 Å². The van der Waals surface area contributed by atoms with E-state index in [0.29, 0.717) is 31.6 Å². The highest BCUT2D eigenvalue weighted by molar-refractivity contribution is 7.47. The van der Waals surface area contributed by atoms with Crippen LogP contribution in [0, 0.1) is 23.7 Å². The van der Waals surface area contributed by atoms with Crippen LogP contribution in [0.3, 0.4) is 0 Å². The van der Waals surface area contributed by atoms with Crippen LogP contribution >= 0.6 is 15.6 Å². The molecular formula is C72H140O17P2. The topological polar surface area (TPSA) is 237 Å². The van der Waals surface area contributed by atoms with E-state index in [4.69, 9.17) is 37.0 Å². The van der Waals surface area contributed by atoms with Crippen molar-refractivity contribution in [3.05, 3.63) is 0 Å². The maximum atomic E-state index is 13.0. The van der Waals surface area contributed by atoms with E-state index < -0.39 is 97.5 Å². The predicted octanol–water partition coefficient (Wildman–Crippen LogP) is 20.5. The van der Waals surface area contributed by atoms with Crippen LogP contribution in [0.4, 0.5) is 0 Å². The number of unbranched alkanes of at least 4 members (excludes halogenated alkanes) is 34. The zero-order chi connectivity index (χ0) is 67.5. The third-order valence-electron chi connectivity index (χ3n) is 16.9. The zero-order valence-electron chi connectivity index (χ0n) is 59.5. The highest BCUT2D eigenvalue weighted by atomic mass is 31.2. The van der Waals surface area contributed by atoms with Crippen LogP contribution in [0.25, 0.3) is 0 Å². The molecule has 540 valence electrons. The largest absolute Gasteiger partial charge is 0.472 e. The van der Waals surface area contributed by atoms with Crippen molar-refractivity contribution in [3.63, 3.8) is 0 Å². The van der Waals surface area contributed by atoms with Gasteiger partial charge in [0.25, 0.3) is 0 Å². The van der Waals surface area contributed by atoms with Gasteiger partial charge in [0.2, 0.25) is 0 Å². The molecule has 0 aliphatic rings. The van der Waals surface area contributed by atoms with Gasteiger partial charge in [0.05, 0.1) is 26.4 Å². The van der Waals surface area contributed by atoms with Crippen LogP contribution < -0.4 is 0 Å². The quantitative estimate of drug-likeness (QED) is 0.0222. The molecule has 0 radical (unpaired) electrons. The van der Waals surface area contributed by atoms with Gasteiger partial charge >= 0.3 is 39.5 Å². The van der Waals surface area contributed by atoms with Crippen molar-refractivity contribution >= 4 is 39.5 Å². The molecule has 0 spiro atoms. The van der Waals surface area contributed by atoms with Crippen LogP contribution in [-0.2, 0) is 65.4 Å². The maximum absolute atomic E-state index is 13.0. The minimum Gasteiger partial charge on any atom is -0.462 e. The predicted molar refractivity (Wildman–Crippen MR) is 367 cm³/mol. The van der Waals surface area contributed by atoms with Crippen LogP contribution in [0.1, 0.15) is 357 Å². The third-order valence-corrected chi connectivity index (χ3v) is 18.8. The lowest BCUT2D eigenvalue weighted by Gasteiger charge is -2.21. The fraction of sp³-hybridized carbons (Fsp3) is 0.944. The molecule has 0 aliphatic carbocycles. The summed E-state index contributed by atoms with van der Waals surface area (Å²) in [6.45, 7) is 14.1. The Hall–Kier alpha value is -1.94. The van der Waals surface area contributed by atoms with Crippen molar-refractivity contribution in [1.29, 1.82) is 0 Å². The Morgan fingerprint density at radius 3 is 0.780 bits per heavy atom. The normalized spacial score (nSPS) is 14.5. The second-order valence-corrected chi connectivity index (χ2v) is 30.6. The second-order valence-electron chi connectivity index (χ2n) is 27.6. The summed E-state index contributed by atoms with van der Waals surface area (Å²) in [5.74, 6) is 0.872. The van der Waals surface area contributed by atoms with Crippen LogP contribution in [-0.4, -0.2) is 96.7 Å². The summed E-state index contributed by atoms with van der Waals surface area (Å²) in [7, 11) is -9.90. The molecule has 0 saturated heterocycles. The molecule has 0 aliphatic heterocycles. The summed E-state index contributed by atoms with van der Waals surface area (Å²) in [5, 5.41) is 10.6. The first kappa shape index (κ1) is 89.1. The van der Waals surface area contributed by atoms with Gasteiger partial charge in [0.1, 0.15) is 19.3 Å². The summed E-state index contributed by atoms with van der Waals surface area (Å²) in [5.41, 5.74) is 0. The van der Waals surface area contributed by atoms with Gasteiger partial charge in [-0.25, -0.2) is 9.13 Å². The summed E-state index contributed by atoms with van der Waals surface area (Å²) in [6, 6.07) is 0. The molecule has 0 amide bonds. The van der Waals surface area contributed by atoms with E-state index in [2.05, 4.69) is 55.4 Å². The van der Waals surface area contributed by atoms with Gasteiger partial charge in [-0.2, -0.15) is 0 Å². The molecule has 0 saturated carbocycles. The van der Waals surface area contributed by atoms with Crippen molar-refractivity contribution in [3.8, 4) is 0 Å². The van der Waals surface area contributed by atoms with Crippen molar-refractivity contribution in [2.24, 2.45) is 23.7 Å². The Kier molecular flexibility index (Phi) is 60.3. The SMILES string of the molecule is CCC(C)CCCCCCCCCCCCCCCCC(=O)O[C@H](COC(=O)CCCCCCCCCCCCC(C)C)COP(=O)(O)OC[C@@H](O)COP(=O)(O)OC[C@@H](COC(=O)CCCCCCCCC(C)C)OC(=O)CCCCCCCCCCC(C)C. The lowest BCUT2D eigenvalue weighted by molar-refractivity contribution is -0.161. The molecule has 0 rings (SSSR count). The monoisotopic (exact) mass is 1340 g/mol. The lowest BCUT2D eigenvalue weighted by Crippen LogP contribution is -2.30. The number of aliphatic hydroxyl groups excluding tert-OH is 1. The number of hydrogen-bond donors (Lipinski definition) is 3. The van der Waals surface area contributed by atoms with E-state index in [1.807, 2.05) is 0 Å². The standard InChI is InChI=1S/C72H140O17P2/c1-9-65(8)51-43-35-26-19-14-12-10-11-13-15-21-28-38-46-54-71(76)88-67(58-82-69(74)52-44-36-27-20-17-16-18-24-32-40-48-62(2)3)60-86-90(78,79)84-56-66(73)57-85-91(80,81)87-61-68(59-83-70(75)53-45-37-31-30-34-42-50-64(6)7)89-72(77)55-47-39-29-23-22-25-33-41-49-63(4)5/h62-68,73H,9-61H2,1-8H3,(H,78,79)(H,80,81)/t65?,66-,67-,68-/m1/s1. The fourth-order valence-electron chi connectivity index (χ4n) is 10.8. The number of phosphoric ester groups is 2. The number of esters is 4. The van der Waals surface area contributed by atoms with E-state index in [1.165, 1.54) is 154 Å². The minimum atomic E-state index is -4.95. The molecular weight excluding hydrogens is 1200 g/mol. The summed E-state index contributed by atoms with van der Waals surface area (Å²) in [4.78, 5) is 72.6. The van der Waals surface area contributed by atoms with E-state index in [-0.39, 0.29) is 25.7 Å². The molecule has 3 N–H and O–H groups in total. The van der Waals surface area contributed by atoms with Gasteiger partial charge < -0.3 is 33.8 Å². The first-order valence-corrected chi connectivity index (χ1v) is 40.2. The third kappa shape index (κ3) is 65.1. The molecule has 0 heterocycles. The Balaban J connectivity index is 5.23. The first-order chi connectivity index (χ1) is 43.6. The first-order valence-electron chi connectivity index (χ1n) is 37.2. The lowest BCUT2D eigenvalue weighted by atomic mass is 9.99. The summed E-state index contributed by atoms with van der Waals surface area (Å²) < 4.78 is 68.3. The number of ether oxygens (including phenoxy) is 4. The van der Waals surface area contributed by atoms with E-state index >= 15 is 0 Å². The molecule has 19 heteroatoms. The molecule has 3 unspecified atom stereocenters. The smallest absolute Gasteiger partial charge is 0.462 e. The number of carbonyl (C=O) groups is 4. The van der Waals surface area contributed by atoms with Crippen LogP contribution in [0.2, 0.25) is 0 Å². The highest BCUT2D eigenvalue weighted by Crippen LogP contribution is 2.45. The zero-order valence-corrected chi connectivity index (χ0v) is 61.3. The molecule has 17 nitrogen and oxygen atoms in total. The molecule has 6 atom stereocenters. The van der Waals surface area contributed by atoms with E-state index in [0.717, 1.165) is 114 Å². The molecule has 0 fully saturated rings. The Morgan fingerprint density at radius 2 is 0.527 bits per heavy atom. The Bertz CT molecular complexity index is 1800. The Morgan fingerprint density at radius 1 is 0.308 bits per heavy atom. The number of rotatable bonds is 69. The van der Waals surface area contributed by atoms with E-state index in [1.54, 1.807) is 0 Å². The average Bonchev–Trinajstić information content (AvgIpc) is 2.59. The van der Waals surface area contributed by atoms with E-state index in [9.17, 15) is 43.2 Å². The van der Waals surface area contributed by atoms with Crippen molar-refractivity contribution in [2.75, 3.05) is 39.6 Å². The summed E-state index contributed by atoms with van der Waals surface area (Å²) >= 11 is 0. The molecule has 0 bridgehead atoms. The fourth-order valence-corrected chi connectivity index (χ4v) is 12.4. The number of carbonyl (C=O) groups excluding carboxylic acids is 4. The van der Waals surface area contributed by atoms with Crippen molar-refractivity contribution < 1.29 is 80.2 Å². The molecule has 0 aromatic carbocycles. The average molecular weight is 1340 g/mol. The number of phosphoric acid groups is 2. The maximum Gasteiger partial charge on any atom is 0.472 e. The molecule has 0 aromatic rings. The second kappa shape index (κ2) is 61.6. The Labute approximate surface area is 556 Å².